The van der Waals surface area contributed by atoms with Gasteiger partial charge in [-0.15, -0.1) is 0 Å². The molecule has 0 radical (unpaired) electrons. The highest BCUT2D eigenvalue weighted by atomic mass is 19.1. The number of hydrogen-bond donors (Lipinski definition) is 0. The third-order valence-corrected chi connectivity index (χ3v) is 11.1. The lowest BCUT2D eigenvalue weighted by atomic mass is 9.92. The molecule has 10 rings (SSSR count). The molecule has 0 saturated heterocycles. The highest BCUT2D eigenvalue weighted by Gasteiger charge is 2.23. The van der Waals surface area contributed by atoms with Crippen molar-refractivity contribution in [1.82, 2.24) is 18.9 Å². The van der Waals surface area contributed by atoms with Gasteiger partial charge in [-0.2, -0.15) is 0 Å². The van der Waals surface area contributed by atoms with E-state index in [1.165, 1.54) is 72.7 Å². The SMILES string of the molecule is CC(C)c1cccc(C(C)C)c1-n1c(-c2cccc(Cc3ccc4c5cccc6c7cccnc7n(c4c3)c56)c2)nc2cc(-c3ccc(F)cc3)ccc21. The van der Waals surface area contributed by atoms with Crippen LogP contribution in [0.1, 0.15) is 61.8 Å². The minimum Gasteiger partial charge on any atom is -0.293 e. The number of rotatable bonds is 7. The largest absolute Gasteiger partial charge is 0.293 e. The van der Waals surface area contributed by atoms with Crippen molar-refractivity contribution in [3.63, 3.8) is 0 Å². The Kier molecular flexibility index (Phi) is 7.41. The summed E-state index contributed by atoms with van der Waals surface area (Å²) < 4.78 is 18.6. The van der Waals surface area contributed by atoms with Gasteiger partial charge >= 0.3 is 0 Å². The standard InChI is InChI=1S/C49H39FN4/c1-29(2)37-11-6-12-38(30(3)4)46(37)53-44-23-19-34(33-17-20-36(50)21-18-33)28-43(44)52-48(53)35-10-5-9-31(26-35)25-32-16-22-39-40-13-7-14-41-42-15-8-24-51-49(42)54(47(40)41)45(39)27-32/h5-24,26-30H,25H2,1-4H3. The third-order valence-electron chi connectivity index (χ3n) is 11.1. The summed E-state index contributed by atoms with van der Waals surface area (Å²) >= 11 is 0. The van der Waals surface area contributed by atoms with Crippen molar-refractivity contribution in [3.05, 3.63) is 168 Å². The number of nitrogens with zero attached hydrogens (tertiary/aromatic N) is 4. The average molecular weight is 703 g/mol. The fraction of sp³-hybridized carbons (Fsp3) is 0.143. The average Bonchev–Trinajstić information content (AvgIpc) is 3.85. The van der Waals surface area contributed by atoms with Crippen LogP contribution in [0.5, 0.6) is 0 Å². The number of benzene rings is 6. The van der Waals surface area contributed by atoms with Crippen molar-refractivity contribution in [3.8, 4) is 28.2 Å². The van der Waals surface area contributed by atoms with Gasteiger partial charge in [0.15, 0.2) is 0 Å². The summed E-state index contributed by atoms with van der Waals surface area (Å²) in [7, 11) is 0. The molecular formula is C49H39FN4. The van der Waals surface area contributed by atoms with E-state index in [-0.39, 0.29) is 5.82 Å². The molecule has 5 heteroatoms. The van der Waals surface area contributed by atoms with Crippen molar-refractivity contribution >= 4 is 49.3 Å². The summed E-state index contributed by atoms with van der Waals surface area (Å²) in [6.07, 6.45) is 2.67. The molecular weight excluding hydrogens is 664 g/mol. The van der Waals surface area contributed by atoms with Crippen molar-refractivity contribution in [1.29, 1.82) is 0 Å². The van der Waals surface area contributed by atoms with Crippen LogP contribution in [0.2, 0.25) is 0 Å². The Morgan fingerprint density at radius 1 is 0.574 bits per heavy atom. The zero-order valence-electron chi connectivity index (χ0n) is 30.8. The van der Waals surface area contributed by atoms with Crippen LogP contribution in [0.3, 0.4) is 0 Å². The van der Waals surface area contributed by atoms with Gasteiger partial charge in [0.05, 0.1) is 27.8 Å². The molecule has 0 atom stereocenters. The van der Waals surface area contributed by atoms with Gasteiger partial charge in [0.25, 0.3) is 0 Å². The van der Waals surface area contributed by atoms with E-state index in [4.69, 9.17) is 9.97 Å². The molecule has 54 heavy (non-hydrogen) atoms. The van der Waals surface area contributed by atoms with Gasteiger partial charge < -0.3 is 0 Å². The fourth-order valence-corrected chi connectivity index (χ4v) is 8.59. The maximum Gasteiger partial charge on any atom is 0.145 e. The fourth-order valence-electron chi connectivity index (χ4n) is 8.59. The van der Waals surface area contributed by atoms with Crippen LogP contribution in [-0.4, -0.2) is 18.9 Å². The summed E-state index contributed by atoms with van der Waals surface area (Å²) in [6, 6.07) is 46.4. The number of aromatic nitrogens is 4. The first-order valence-electron chi connectivity index (χ1n) is 18.9. The van der Waals surface area contributed by atoms with E-state index in [1.54, 1.807) is 0 Å². The molecule has 4 heterocycles. The summed E-state index contributed by atoms with van der Waals surface area (Å²) in [6.45, 7) is 9.06. The predicted molar refractivity (Wildman–Crippen MR) is 222 cm³/mol. The maximum absolute atomic E-state index is 13.8. The van der Waals surface area contributed by atoms with E-state index < -0.39 is 0 Å². The van der Waals surface area contributed by atoms with Crippen LogP contribution < -0.4 is 0 Å². The molecule has 4 nitrogen and oxygen atoms in total. The van der Waals surface area contributed by atoms with Crippen LogP contribution in [0, 0.1) is 5.82 Å². The van der Waals surface area contributed by atoms with Crippen LogP contribution in [0.15, 0.2) is 140 Å². The second-order valence-corrected chi connectivity index (χ2v) is 15.2. The summed E-state index contributed by atoms with van der Waals surface area (Å²) in [5.74, 6) is 1.30. The lowest BCUT2D eigenvalue weighted by Gasteiger charge is -2.22. The number of fused-ring (bicyclic) bond motifs is 7. The number of pyridine rings is 1. The molecule has 0 fully saturated rings. The molecule has 0 saturated carbocycles. The van der Waals surface area contributed by atoms with Crippen LogP contribution in [0.4, 0.5) is 4.39 Å². The lowest BCUT2D eigenvalue weighted by Crippen LogP contribution is -2.08. The first-order valence-corrected chi connectivity index (χ1v) is 18.9. The highest BCUT2D eigenvalue weighted by Crippen LogP contribution is 2.40. The normalized spacial score (nSPS) is 12.2. The maximum atomic E-state index is 13.8. The van der Waals surface area contributed by atoms with Crippen molar-refractivity contribution in [2.45, 2.75) is 46.0 Å². The Hall–Kier alpha value is -6.33. The molecule has 0 aliphatic carbocycles. The van der Waals surface area contributed by atoms with Gasteiger partial charge in [0, 0.05) is 33.3 Å². The van der Waals surface area contributed by atoms with E-state index in [2.05, 4.69) is 140 Å². The Labute approximate surface area is 313 Å². The zero-order valence-corrected chi connectivity index (χ0v) is 30.8. The zero-order chi connectivity index (χ0) is 36.7. The van der Waals surface area contributed by atoms with Crippen LogP contribution in [-0.2, 0) is 6.42 Å². The number of para-hydroxylation sites is 2. The lowest BCUT2D eigenvalue weighted by molar-refractivity contribution is 0.628. The molecule has 6 aromatic carbocycles. The number of imidazole rings is 1. The summed E-state index contributed by atoms with van der Waals surface area (Å²) in [5.41, 5.74) is 14.7. The summed E-state index contributed by atoms with van der Waals surface area (Å²) in [5, 5.41) is 4.94. The quantitative estimate of drug-likeness (QED) is 0.166. The second kappa shape index (κ2) is 12.4. The first kappa shape index (κ1) is 32.3. The molecule has 4 aromatic heterocycles. The van der Waals surface area contributed by atoms with Crippen molar-refractivity contribution < 1.29 is 4.39 Å². The van der Waals surface area contributed by atoms with Gasteiger partial charge in [-0.05, 0) is 100 Å². The van der Waals surface area contributed by atoms with E-state index in [1.807, 2.05) is 24.4 Å². The number of hydrogen-bond acceptors (Lipinski definition) is 2. The monoisotopic (exact) mass is 702 g/mol. The Balaban J connectivity index is 1.13. The van der Waals surface area contributed by atoms with Crippen LogP contribution in [0.25, 0.3) is 77.5 Å². The minimum atomic E-state index is -0.240. The van der Waals surface area contributed by atoms with Gasteiger partial charge in [-0.1, -0.05) is 113 Å². The second-order valence-electron chi connectivity index (χ2n) is 15.2. The van der Waals surface area contributed by atoms with E-state index in [0.717, 1.165) is 45.6 Å². The number of halogens is 1. The highest BCUT2D eigenvalue weighted by molar-refractivity contribution is 6.22. The topological polar surface area (TPSA) is 35.1 Å². The van der Waals surface area contributed by atoms with E-state index in [9.17, 15) is 4.39 Å². The molecule has 0 aliphatic heterocycles. The minimum absolute atomic E-state index is 0.240. The molecule has 0 spiro atoms. The molecule has 0 bridgehead atoms. The van der Waals surface area contributed by atoms with Gasteiger partial charge in [0.2, 0.25) is 0 Å². The van der Waals surface area contributed by atoms with E-state index >= 15 is 0 Å². The molecule has 262 valence electrons. The van der Waals surface area contributed by atoms with Crippen molar-refractivity contribution in [2.75, 3.05) is 0 Å². The molecule has 0 aliphatic rings. The van der Waals surface area contributed by atoms with Gasteiger partial charge in [0.1, 0.15) is 17.3 Å². The summed E-state index contributed by atoms with van der Waals surface area (Å²) in [4.78, 5) is 10.2. The molecule has 0 unspecified atom stereocenters. The Bertz CT molecular complexity index is 3010. The Morgan fingerprint density at radius 2 is 1.26 bits per heavy atom. The predicted octanol–water partition coefficient (Wildman–Crippen LogP) is 12.9. The van der Waals surface area contributed by atoms with Crippen molar-refractivity contribution in [2.24, 2.45) is 0 Å². The Morgan fingerprint density at radius 3 is 2.04 bits per heavy atom. The molecule has 0 N–H and O–H groups in total. The van der Waals surface area contributed by atoms with Crippen LogP contribution >= 0.6 is 0 Å². The first-order chi connectivity index (χ1) is 26.3. The van der Waals surface area contributed by atoms with Gasteiger partial charge in [-0.3, -0.25) is 8.97 Å². The molecule has 0 amide bonds. The smallest absolute Gasteiger partial charge is 0.145 e. The van der Waals surface area contributed by atoms with E-state index in [0.29, 0.717) is 11.8 Å². The molecule has 10 aromatic rings. The van der Waals surface area contributed by atoms with Gasteiger partial charge in [-0.25, -0.2) is 14.4 Å². The third kappa shape index (κ3) is 5.02.